The molecular weight excluding hydrogens is 202 g/mol. The van der Waals surface area contributed by atoms with Crippen LogP contribution in [0, 0.1) is 0 Å². The molecule has 0 bridgehead atoms. The number of aromatic nitrogens is 1. The molecule has 1 N–H and O–H groups in total. The smallest absolute Gasteiger partial charge is 0.148 e. The van der Waals surface area contributed by atoms with Crippen molar-refractivity contribution in [3.63, 3.8) is 0 Å². The highest BCUT2D eigenvalue weighted by Gasteiger charge is 2.17. The summed E-state index contributed by atoms with van der Waals surface area (Å²) in [5.74, 6) is -0.494. The van der Waals surface area contributed by atoms with Crippen molar-refractivity contribution in [2.45, 2.75) is 5.92 Å². The molecular formula is C9H13NO3S. The van der Waals surface area contributed by atoms with Gasteiger partial charge in [0.25, 0.3) is 0 Å². The first-order valence-corrected chi connectivity index (χ1v) is 6.28. The van der Waals surface area contributed by atoms with Gasteiger partial charge in [0.15, 0.2) is 0 Å². The molecule has 1 unspecified atom stereocenters. The second kappa shape index (κ2) is 4.52. The molecule has 1 heterocycles. The van der Waals surface area contributed by atoms with Gasteiger partial charge in [-0.2, -0.15) is 0 Å². The number of sulfone groups is 1. The van der Waals surface area contributed by atoms with Gasteiger partial charge in [-0.15, -0.1) is 0 Å². The first-order chi connectivity index (χ1) is 6.53. The number of pyridine rings is 1. The van der Waals surface area contributed by atoms with Gasteiger partial charge in [0, 0.05) is 24.1 Å². The average molecular weight is 215 g/mol. The summed E-state index contributed by atoms with van der Waals surface area (Å²) in [6, 6.07) is 5.23. The first-order valence-electron chi connectivity index (χ1n) is 4.22. The topological polar surface area (TPSA) is 67.3 Å². The van der Waals surface area contributed by atoms with Crippen molar-refractivity contribution in [3.8, 4) is 0 Å². The van der Waals surface area contributed by atoms with Gasteiger partial charge < -0.3 is 5.11 Å². The summed E-state index contributed by atoms with van der Waals surface area (Å²) in [7, 11) is -3.08. The van der Waals surface area contributed by atoms with Crippen LogP contribution < -0.4 is 0 Å². The van der Waals surface area contributed by atoms with Crippen LogP contribution in [0.2, 0.25) is 0 Å². The summed E-state index contributed by atoms with van der Waals surface area (Å²) in [6.07, 6.45) is 2.73. The Bertz CT molecular complexity index is 374. The molecule has 0 saturated carbocycles. The molecule has 1 aromatic rings. The Balaban J connectivity index is 2.84. The maximum absolute atomic E-state index is 11.0. The van der Waals surface area contributed by atoms with Crippen LogP contribution in [0.25, 0.3) is 0 Å². The van der Waals surface area contributed by atoms with E-state index in [0.717, 1.165) is 6.26 Å². The molecule has 0 amide bonds. The van der Waals surface area contributed by atoms with Crippen LogP contribution in [-0.2, 0) is 9.84 Å². The van der Waals surface area contributed by atoms with Gasteiger partial charge in [-0.3, -0.25) is 4.98 Å². The standard InChI is InChI=1S/C9H13NO3S/c1-14(12,13)7-8(6-11)9-4-2-3-5-10-9/h2-5,8,11H,6-7H2,1H3. The molecule has 14 heavy (non-hydrogen) atoms. The number of nitrogens with zero attached hydrogens (tertiary/aromatic N) is 1. The number of hydrogen-bond donors (Lipinski definition) is 1. The maximum atomic E-state index is 11.0. The van der Waals surface area contributed by atoms with Crippen LogP contribution >= 0.6 is 0 Å². The van der Waals surface area contributed by atoms with Gasteiger partial charge in [-0.25, -0.2) is 8.42 Å². The van der Waals surface area contributed by atoms with E-state index < -0.39 is 15.8 Å². The van der Waals surface area contributed by atoms with Crippen LogP contribution in [-0.4, -0.2) is 37.1 Å². The lowest BCUT2D eigenvalue weighted by molar-refractivity contribution is 0.271. The van der Waals surface area contributed by atoms with Crippen molar-refractivity contribution in [2.24, 2.45) is 0 Å². The van der Waals surface area contributed by atoms with Crippen molar-refractivity contribution in [1.82, 2.24) is 4.98 Å². The molecule has 0 fully saturated rings. The minimum absolute atomic E-state index is 0.0689. The summed E-state index contributed by atoms with van der Waals surface area (Å²) < 4.78 is 22.1. The molecule has 0 aliphatic carbocycles. The predicted octanol–water partition coefficient (Wildman–Crippen LogP) is 0.202. The SMILES string of the molecule is CS(=O)(=O)CC(CO)c1ccccn1. The Morgan fingerprint density at radius 2 is 2.21 bits per heavy atom. The third-order valence-electron chi connectivity index (χ3n) is 1.83. The monoisotopic (exact) mass is 215 g/mol. The van der Waals surface area contributed by atoms with Crippen molar-refractivity contribution in [2.75, 3.05) is 18.6 Å². The van der Waals surface area contributed by atoms with Crippen molar-refractivity contribution >= 4 is 9.84 Å². The molecule has 78 valence electrons. The van der Waals surface area contributed by atoms with Crippen LogP contribution in [0.4, 0.5) is 0 Å². The molecule has 4 nitrogen and oxygen atoms in total. The number of hydrogen-bond acceptors (Lipinski definition) is 4. The fraction of sp³-hybridized carbons (Fsp3) is 0.444. The molecule has 1 aromatic heterocycles. The van der Waals surface area contributed by atoms with E-state index in [1.54, 1.807) is 24.4 Å². The Hall–Kier alpha value is -0.940. The van der Waals surface area contributed by atoms with Gasteiger partial charge in [-0.05, 0) is 12.1 Å². The zero-order valence-corrected chi connectivity index (χ0v) is 8.74. The van der Waals surface area contributed by atoms with Crippen LogP contribution in [0.15, 0.2) is 24.4 Å². The van der Waals surface area contributed by atoms with E-state index in [2.05, 4.69) is 4.98 Å². The van der Waals surface area contributed by atoms with Gasteiger partial charge in [0.05, 0.1) is 12.4 Å². The highest BCUT2D eigenvalue weighted by molar-refractivity contribution is 7.90. The lowest BCUT2D eigenvalue weighted by atomic mass is 10.1. The lowest BCUT2D eigenvalue weighted by Crippen LogP contribution is -2.17. The second-order valence-electron chi connectivity index (χ2n) is 3.23. The van der Waals surface area contributed by atoms with E-state index in [0.29, 0.717) is 5.69 Å². The highest BCUT2D eigenvalue weighted by Crippen LogP contribution is 2.13. The van der Waals surface area contributed by atoms with Crippen LogP contribution in [0.1, 0.15) is 11.6 Å². The van der Waals surface area contributed by atoms with E-state index in [9.17, 15) is 8.42 Å². The third-order valence-corrected chi connectivity index (χ3v) is 2.84. The molecule has 0 aromatic carbocycles. The van der Waals surface area contributed by atoms with E-state index in [4.69, 9.17) is 5.11 Å². The normalized spacial score (nSPS) is 13.9. The molecule has 0 saturated heterocycles. The highest BCUT2D eigenvalue weighted by atomic mass is 32.2. The van der Waals surface area contributed by atoms with E-state index in [1.807, 2.05) is 0 Å². The molecule has 0 aliphatic heterocycles. The maximum Gasteiger partial charge on any atom is 0.148 e. The first kappa shape index (κ1) is 11.1. The fourth-order valence-electron chi connectivity index (χ4n) is 1.21. The van der Waals surface area contributed by atoms with Crippen molar-refractivity contribution in [3.05, 3.63) is 30.1 Å². The second-order valence-corrected chi connectivity index (χ2v) is 5.41. The average Bonchev–Trinajstić information content (AvgIpc) is 2.14. The minimum atomic E-state index is -3.08. The zero-order chi connectivity index (χ0) is 10.6. The molecule has 1 atom stereocenters. The van der Waals surface area contributed by atoms with E-state index in [1.165, 1.54) is 0 Å². The summed E-state index contributed by atoms with van der Waals surface area (Å²) in [5, 5.41) is 9.04. The molecule has 0 radical (unpaired) electrons. The summed E-state index contributed by atoms with van der Waals surface area (Å²) >= 11 is 0. The summed E-state index contributed by atoms with van der Waals surface area (Å²) in [5.41, 5.74) is 0.612. The number of rotatable bonds is 4. The summed E-state index contributed by atoms with van der Waals surface area (Å²) in [6.45, 7) is -0.204. The Kier molecular flexibility index (Phi) is 3.60. The summed E-state index contributed by atoms with van der Waals surface area (Å²) in [4.78, 5) is 4.01. The van der Waals surface area contributed by atoms with Crippen LogP contribution in [0.3, 0.4) is 0 Å². The Morgan fingerprint density at radius 1 is 1.50 bits per heavy atom. The quantitative estimate of drug-likeness (QED) is 0.779. The lowest BCUT2D eigenvalue weighted by Gasteiger charge is -2.11. The van der Waals surface area contributed by atoms with Gasteiger partial charge in [-0.1, -0.05) is 6.07 Å². The van der Waals surface area contributed by atoms with Crippen molar-refractivity contribution < 1.29 is 13.5 Å². The molecule has 1 rings (SSSR count). The predicted molar refractivity (Wildman–Crippen MR) is 53.8 cm³/mol. The largest absolute Gasteiger partial charge is 0.396 e. The number of aliphatic hydroxyl groups is 1. The van der Waals surface area contributed by atoms with Gasteiger partial charge >= 0.3 is 0 Å². The molecule has 0 spiro atoms. The molecule has 0 aliphatic rings. The Morgan fingerprint density at radius 3 is 2.64 bits per heavy atom. The van der Waals surface area contributed by atoms with Crippen LogP contribution in [0.5, 0.6) is 0 Å². The Labute approximate surface area is 83.5 Å². The minimum Gasteiger partial charge on any atom is -0.396 e. The molecule has 5 heteroatoms. The fourth-order valence-corrected chi connectivity index (χ4v) is 2.22. The van der Waals surface area contributed by atoms with E-state index >= 15 is 0 Å². The van der Waals surface area contributed by atoms with Gasteiger partial charge in [0.2, 0.25) is 0 Å². The third kappa shape index (κ3) is 3.43. The van der Waals surface area contributed by atoms with E-state index in [-0.39, 0.29) is 12.4 Å². The van der Waals surface area contributed by atoms with Gasteiger partial charge in [0.1, 0.15) is 9.84 Å². The zero-order valence-electron chi connectivity index (χ0n) is 7.92. The van der Waals surface area contributed by atoms with Crippen molar-refractivity contribution in [1.29, 1.82) is 0 Å². The number of aliphatic hydroxyl groups excluding tert-OH is 1.